The molecule has 0 aromatic rings. The van der Waals surface area contributed by atoms with Gasteiger partial charge in [0.1, 0.15) is 0 Å². The number of aliphatic carboxylic acids is 1. The number of carbonyl (C=O) groups is 1. The van der Waals surface area contributed by atoms with Crippen LogP contribution in [0.15, 0.2) is 12.7 Å². The predicted octanol–water partition coefficient (Wildman–Crippen LogP) is 2.84. The van der Waals surface area contributed by atoms with E-state index in [-0.39, 0.29) is 0 Å². The third kappa shape index (κ3) is 7.32. The van der Waals surface area contributed by atoms with Crippen LogP contribution in [-0.4, -0.2) is 11.1 Å². The van der Waals surface area contributed by atoms with Crippen molar-refractivity contribution in [2.45, 2.75) is 39.0 Å². The second kappa shape index (κ2) is 6.89. The smallest absolute Gasteiger partial charge is 0.303 e. The molecule has 0 saturated carbocycles. The molecule has 0 spiro atoms. The van der Waals surface area contributed by atoms with Crippen LogP contribution >= 0.6 is 0 Å². The lowest BCUT2D eigenvalue weighted by atomic mass is 9.99. The van der Waals surface area contributed by atoms with E-state index in [0.29, 0.717) is 12.3 Å². The Balaban J connectivity index is 3.24. The summed E-state index contributed by atoms with van der Waals surface area (Å²) in [6, 6.07) is 0. The highest BCUT2D eigenvalue weighted by atomic mass is 16.4. The lowest BCUT2D eigenvalue weighted by molar-refractivity contribution is -0.137. The first-order valence-electron chi connectivity index (χ1n) is 4.49. The molecule has 2 nitrogen and oxygen atoms in total. The summed E-state index contributed by atoms with van der Waals surface area (Å²) in [4.78, 5) is 10.2. The van der Waals surface area contributed by atoms with Gasteiger partial charge in [0.25, 0.3) is 0 Å². The normalized spacial score (nSPS) is 12.4. The third-order valence-electron chi connectivity index (χ3n) is 1.95. The van der Waals surface area contributed by atoms with Gasteiger partial charge in [-0.1, -0.05) is 19.4 Å². The molecule has 1 atom stereocenters. The van der Waals surface area contributed by atoms with Crippen LogP contribution in [0.5, 0.6) is 0 Å². The van der Waals surface area contributed by atoms with Crippen LogP contribution in [0.2, 0.25) is 0 Å². The molecule has 0 aromatic heterocycles. The molecule has 0 rings (SSSR count). The quantitative estimate of drug-likeness (QED) is 0.596. The highest BCUT2D eigenvalue weighted by Gasteiger charge is 2.02. The van der Waals surface area contributed by atoms with Crippen molar-refractivity contribution >= 4 is 5.97 Å². The average Bonchev–Trinajstić information content (AvgIpc) is 2.00. The van der Waals surface area contributed by atoms with Crippen LogP contribution in [0.4, 0.5) is 0 Å². The maximum atomic E-state index is 10.2. The monoisotopic (exact) mass is 170 g/mol. The summed E-state index contributed by atoms with van der Waals surface area (Å²) in [5.74, 6) is -0.0618. The maximum absolute atomic E-state index is 10.2. The first-order chi connectivity index (χ1) is 5.66. The van der Waals surface area contributed by atoms with Gasteiger partial charge >= 0.3 is 5.97 Å². The van der Waals surface area contributed by atoms with Crippen LogP contribution < -0.4 is 0 Å². The van der Waals surface area contributed by atoms with Crippen molar-refractivity contribution < 1.29 is 9.90 Å². The number of carboxylic acids is 1. The fraction of sp³-hybridized carbons (Fsp3) is 0.700. The largest absolute Gasteiger partial charge is 0.481 e. The highest BCUT2D eigenvalue weighted by Crippen LogP contribution is 2.13. The van der Waals surface area contributed by atoms with Crippen LogP contribution in [-0.2, 0) is 4.79 Å². The van der Waals surface area contributed by atoms with Crippen LogP contribution in [0.3, 0.4) is 0 Å². The standard InChI is InChI=1S/C10H18O2/c1-3-4-6-9(2)7-5-8-10(11)12/h3,9H,1,4-8H2,2H3,(H,11,12). The van der Waals surface area contributed by atoms with E-state index in [4.69, 9.17) is 5.11 Å². The molecule has 2 heteroatoms. The Hall–Kier alpha value is -0.790. The lowest BCUT2D eigenvalue weighted by Gasteiger charge is -2.07. The van der Waals surface area contributed by atoms with Crippen molar-refractivity contribution in [2.75, 3.05) is 0 Å². The molecule has 1 N–H and O–H groups in total. The summed E-state index contributed by atoms with van der Waals surface area (Å²) in [5.41, 5.74) is 0. The van der Waals surface area contributed by atoms with Crippen LogP contribution in [0, 0.1) is 5.92 Å². The van der Waals surface area contributed by atoms with Gasteiger partial charge in [-0.3, -0.25) is 4.79 Å². The second-order valence-electron chi connectivity index (χ2n) is 3.26. The molecule has 0 heterocycles. The van der Waals surface area contributed by atoms with E-state index >= 15 is 0 Å². The van der Waals surface area contributed by atoms with Gasteiger partial charge in [0.15, 0.2) is 0 Å². The van der Waals surface area contributed by atoms with E-state index in [0.717, 1.165) is 25.7 Å². The zero-order valence-corrected chi connectivity index (χ0v) is 7.75. The molecule has 70 valence electrons. The van der Waals surface area contributed by atoms with Crippen molar-refractivity contribution in [1.29, 1.82) is 0 Å². The minimum absolute atomic E-state index is 0.304. The maximum Gasteiger partial charge on any atom is 0.303 e. The van der Waals surface area contributed by atoms with Crippen molar-refractivity contribution in [3.8, 4) is 0 Å². The molecule has 0 bridgehead atoms. The van der Waals surface area contributed by atoms with Crippen LogP contribution in [0.25, 0.3) is 0 Å². The summed E-state index contributed by atoms with van der Waals surface area (Å²) in [7, 11) is 0. The molecule has 0 fully saturated rings. The number of allylic oxidation sites excluding steroid dienone is 1. The van der Waals surface area contributed by atoms with Crippen molar-refractivity contribution in [3.63, 3.8) is 0 Å². The van der Waals surface area contributed by atoms with E-state index in [1.807, 2.05) is 6.08 Å². The number of hydrogen-bond donors (Lipinski definition) is 1. The van der Waals surface area contributed by atoms with Crippen molar-refractivity contribution in [2.24, 2.45) is 5.92 Å². The summed E-state index contributed by atoms with van der Waals surface area (Å²) >= 11 is 0. The van der Waals surface area contributed by atoms with Crippen LogP contribution in [0.1, 0.15) is 39.0 Å². The molecule has 0 aliphatic carbocycles. The minimum atomic E-state index is -0.689. The molecule has 0 radical (unpaired) electrons. The van der Waals surface area contributed by atoms with Gasteiger partial charge in [-0.15, -0.1) is 6.58 Å². The number of rotatable bonds is 7. The van der Waals surface area contributed by atoms with E-state index < -0.39 is 5.97 Å². The molecule has 0 aromatic carbocycles. The minimum Gasteiger partial charge on any atom is -0.481 e. The molecular weight excluding hydrogens is 152 g/mol. The van der Waals surface area contributed by atoms with Crippen molar-refractivity contribution in [1.82, 2.24) is 0 Å². The predicted molar refractivity (Wildman–Crippen MR) is 50.1 cm³/mol. The average molecular weight is 170 g/mol. The van der Waals surface area contributed by atoms with Gasteiger partial charge in [-0.25, -0.2) is 0 Å². The van der Waals surface area contributed by atoms with Gasteiger partial charge in [0.2, 0.25) is 0 Å². The fourth-order valence-electron chi connectivity index (χ4n) is 1.15. The first kappa shape index (κ1) is 11.2. The zero-order valence-electron chi connectivity index (χ0n) is 7.75. The lowest BCUT2D eigenvalue weighted by Crippen LogP contribution is -1.98. The Morgan fingerprint density at radius 1 is 1.58 bits per heavy atom. The Bertz CT molecular complexity index is 141. The topological polar surface area (TPSA) is 37.3 Å². The second-order valence-corrected chi connectivity index (χ2v) is 3.26. The van der Waals surface area contributed by atoms with Gasteiger partial charge in [0.05, 0.1) is 0 Å². The third-order valence-corrected chi connectivity index (χ3v) is 1.95. The molecule has 0 aliphatic heterocycles. The van der Waals surface area contributed by atoms with E-state index in [1.54, 1.807) is 0 Å². The van der Waals surface area contributed by atoms with E-state index in [2.05, 4.69) is 13.5 Å². The number of hydrogen-bond acceptors (Lipinski definition) is 1. The SMILES string of the molecule is C=CCCC(C)CCCC(=O)O. The van der Waals surface area contributed by atoms with Gasteiger partial charge in [-0.05, 0) is 25.2 Å². The Morgan fingerprint density at radius 3 is 2.75 bits per heavy atom. The molecule has 0 amide bonds. The van der Waals surface area contributed by atoms with Gasteiger partial charge < -0.3 is 5.11 Å². The summed E-state index contributed by atoms with van der Waals surface area (Å²) < 4.78 is 0. The van der Waals surface area contributed by atoms with E-state index in [9.17, 15) is 4.79 Å². The summed E-state index contributed by atoms with van der Waals surface area (Å²) in [5, 5.41) is 8.39. The first-order valence-corrected chi connectivity index (χ1v) is 4.49. The highest BCUT2D eigenvalue weighted by molar-refractivity contribution is 5.66. The Kier molecular flexibility index (Phi) is 6.44. The summed E-state index contributed by atoms with van der Waals surface area (Å²) in [6.45, 7) is 5.81. The Labute approximate surface area is 74.3 Å². The Morgan fingerprint density at radius 2 is 2.25 bits per heavy atom. The number of carboxylic acid groups (broad SMARTS) is 1. The van der Waals surface area contributed by atoms with Gasteiger partial charge in [-0.2, -0.15) is 0 Å². The fourth-order valence-corrected chi connectivity index (χ4v) is 1.15. The van der Waals surface area contributed by atoms with E-state index in [1.165, 1.54) is 0 Å². The summed E-state index contributed by atoms with van der Waals surface area (Å²) in [6.07, 6.45) is 6.19. The van der Waals surface area contributed by atoms with Crippen molar-refractivity contribution in [3.05, 3.63) is 12.7 Å². The molecule has 0 saturated heterocycles. The molecule has 1 unspecified atom stereocenters. The molecular formula is C10H18O2. The molecule has 12 heavy (non-hydrogen) atoms. The zero-order chi connectivity index (χ0) is 9.40. The van der Waals surface area contributed by atoms with Gasteiger partial charge in [0, 0.05) is 6.42 Å². The molecule has 0 aliphatic rings.